The quantitative estimate of drug-likeness (QED) is 0.274. The number of amides is 1. The predicted molar refractivity (Wildman–Crippen MR) is 150 cm³/mol. The Morgan fingerprint density at radius 3 is 2.35 bits per heavy atom. The molecule has 4 saturated carbocycles. The fraction of sp³-hybridized carbons (Fsp3) is 0.963. The van der Waals surface area contributed by atoms with Crippen molar-refractivity contribution in [3.63, 3.8) is 0 Å². The van der Waals surface area contributed by atoms with Crippen molar-refractivity contribution in [2.24, 2.45) is 46.3 Å². The van der Waals surface area contributed by atoms with Gasteiger partial charge in [0.25, 0.3) is 10.1 Å². The molecule has 0 aromatic rings. The molecule has 5 nitrogen and oxygen atoms in total. The monoisotopic (exact) mass is 601 g/mol. The Kier molecular flexibility index (Phi) is 10.6. The van der Waals surface area contributed by atoms with E-state index >= 15 is 4.39 Å². The van der Waals surface area contributed by atoms with Crippen molar-refractivity contribution in [3.05, 3.63) is 5.32 Å². The first-order valence-corrected chi connectivity index (χ1v) is 16.7. The number of carbonyl (C=O) groups is 1. The summed E-state index contributed by atoms with van der Waals surface area (Å²) in [6.45, 7) is 9.22. The number of rotatable bonds is 7. The molecule has 4 fully saturated rings. The maximum atomic E-state index is 16.6. The van der Waals surface area contributed by atoms with Crippen LogP contribution in [-0.2, 0) is 14.9 Å². The maximum Gasteiger partial charge on any atom is 1.00 e. The van der Waals surface area contributed by atoms with Gasteiger partial charge >= 0.3 is 51.4 Å². The summed E-state index contributed by atoms with van der Waals surface area (Å²) < 4.78 is 47.2. The average molecular weight is 602 g/mol. The molecule has 208 valence electrons. The largest absolute Gasteiger partial charge is 1.00 e. The van der Waals surface area contributed by atoms with E-state index in [0.717, 1.165) is 32.1 Å². The molecule has 0 aromatic heterocycles. The van der Waals surface area contributed by atoms with Crippen LogP contribution in [0.4, 0.5) is 4.39 Å². The van der Waals surface area contributed by atoms with Gasteiger partial charge in [-0.15, -0.1) is 15.8 Å². The number of halogens is 1. The van der Waals surface area contributed by atoms with Gasteiger partial charge in [-0.05, 0) is 110 Å². The van der Waals surface area contributed by atoms with Crippen molar-refractivity contribution >= 4 is 34.5 Å². The smallest absolute Gasteiger partial charge is 0.652 e. The first-order chi connectivity index (χ1) is 16.5. The van der Waals surface area contributed by atoms with Gasteiger partial charge in [-0.1, -0.05) is 36.9 Å². The zero-order valence-electron chi connectivity index (χ0n) is 23.5. The summed E-state index contributed by atoms with van der Waals surface area (Å²) in [5.74, 6) is 1.32. The van der Waals surface area contributed by atoms with Gasteiger partial charge < -0.3 is 10.1 Å². The minimum absolute atomic E-state index is 0. The van der Waals surface area contributed by atoms with Crippen molar-refractivity contribution in [2.75, 3.05) is 12.3 Å². The predicted octanol–water partition coefficient (Wildman–Crippen LogP) is 3.64. The third-order valence-corrected chi connectivity index (χ3v) is 13.2. The zero-order chi connectivity index (χ0) is 26.7. The van der Waals surface area contributed by atoms with Crippen LogP contribution in [0.25, 0.3) is 5.32 Å². The van der Waals surface area contributed by atoms with Crippen molar-refractivity contribution in [1.29, 1.82) is 0 Å². The number of alkyl halides is 1. The van der Waals surface area contributed by atoms with Gasteiger partial charge in [0.15, 0.2) is 0 Å². The number of hydrogen-bond acceptors (Lipinski definition) is 3. The van der Waals surface area contributed by atoms with Crippen LogP contribution in [0, 0.1) is 46.3 Å². The molecule has 12 atom stereocenters. The van der Waals surface area contributed by atoms with E-state index in [2.05, 4.69) is 51.5 Å². The number of carbonyl (C=O) groups excluding carboxylic acids is 1. The van der Waals surface area contributed by atoms with Gasteiger partial charge in [-0.25, -0.2) is 4.39 Å². The maximum absolute atomic E-state index is 16.6. The molecule has 4 rings (SSSR count). The minimum atomic E-state index is -4.10. The molecule has 1 amide bonds. The summed E-state index contributed by atoms with van der Waals surface area (Å²) in [5, 5.41) is 2.82. The van der Waals surface area contributed by atoms with Crippen LogP contribution in [0.15, 0.2) is 0 Å². The number of fused-ring (bicyclic) bond motifs is 5. The van der Waals surface area contributed by atoms with Crippen molar-refractivity contribution in [3.8, 4) is 0 Å². The zero-order valence-corrected chi connectivity index (χ0v) is 29.8. The molecule has 12 unspecified atom stereocenters. The second-order valence-electron chi connectivity index (χ2n) is 13.7. The summed E-state index contributed by atoms with van der Waals surface area (Å²) in [6.07, 6.45) is 9.57. The topological polar surface area (TPSA) is 85.5 Å². The molecule has 0 spiro atoms. The van der Waals surface area contributed by atoms with E-state index in [1.165, 1.54) is 12.8 Å². The third kappa shape index (κ3) is 6.90. The first-order valence-electron chi connectivity index (χ1n) is 13.9. The molecule has 37 heavy (non-hydrogen) atoms. The minimum Gasteiger partial charge on any atom is -0.652 e. The molecule has 0 heterocycles. The standard InChI is InChI=1S/C27H48FNO4P2S.K/c1-17(5-8-22(30)29-13-14-36(31,32)33)19-6-7-20-23-21(9-10-26(19,20)4)25(3)12-11-24(2,34)15-18(25)16-27(23,28)35;/h17-21,23H,5-16,34-35H2,1-4H3,(H2,29,30,31,32,33);/q;+1/p-1. The fourth-order valence-corrected chi connectivity index (χ4v) is 10.9. The molecule has 0 aromatic carbocycles. The molecule has 10 heteroatoms. The molecule has 0 radical (unpaired) electrons. The summed E-state index contributed by atoms with van der Waals surface area (Å²) in [5.41, 5.74) is 0.320. The van der Waals surface area contributed by atoms with Gasteiger partial charge in [0.1, 0.15) is 5.41 Å². The summed E-state index contributed by atoms with van der Waals surface area (Å²) in [6, 6.07) is 0. The molecular weight excluding hydrogens is 554 g/mol. The number of nitrogens with zero attached hydrogens (tertiary/aromatic N) is 1. The second-order valence-corrected chi connectivity index (χ2v) is 17.7. The van der Waals surface area contributed by atoms with Crippen molar-refractivity contribution in [2.45, 2.75) is 102 Å². The van der Waals surface area contributed by atoms with E-state index in [-0.39, 0.29) is 85.7 Å². The van der Waals surface area contributed by atoms with Crippen LogP contribution in [0.1, 0.15) is 91.9 Å². The van der Waals surface area contributed by atoms with Crippen LogP contribution in [-0.4, -0.2) is 41.7 Å². The van der Waals surface area contributed by atoms with Gasteiger partial charge in [0.05, 0.1) is 11.7 Å². The Hall–Kier alpha value is 1.81. The van der Waals surface area contributed by atoms with Gasteiger partial charge in [0, 0.05) is 5.92 Å². The Labute approximate surface area is 271 Å². The van der Waals surface area contributed by atoms with Gasteiger partial charge in [-0.3, -0.25) is 4.55 Å². The van der Waals surface area contributed by atoms with E-state index in [4.69, 9.17) is 4.55 Å². The molecule has 1 N–H and O–H groups in total. The van der Waals surface area contributed by atoms with Crippen molar-refractivity contribution in [1.82, 2.24) is 0 Å². The molecule has 4 aliphatic carbocycles. The van der Waals surface area contributed by atoms with E-state index < -0.39 is 21.3 Å². The first kappa shape index (κ1) is 33.3. The van der Waals surface area contributed by atoms with Crippen LogP contribution < -0.4 is 51.4 Å². The Balaban J connectivity index is 0.00000380. The van der Waals surface area contributed by atoms with E-state index in [0.29, 0.717) is 48.9 Å². The molecule has 0 saturated heterocycles. The third-order valence-electron chi connectivity index (χ3n) is 11.3. The average Bonchev–Trinajstić information content (AvgIpc) is 3.09. The summed E-state index contributed by atoms with van der Waals surface area (Å²) in [4.78, 5) is 12.2. The van der Waals surface area contributed by atoms with Crippen LogP contribution in [0.3, 0.4) is 0 Å². The number of hydrogen-bond donors (Lipinski definition) is 1. The van der Waals surface area contributed by atoms with E-state index in [1.807, 2.05) is 0 Å². The molecule has 0 bridgehead atoms. The molecule has 0 aliphatic heterocycles. The summed E-state index contributed by atoms with van der Waals surface area (Å²) >= 11 is 0. The van der Waals surface area contributed by atoms with E-state index in [9.17, 15) is 13.2 Å². The fourth-order valence-electron chi connectivity index (χ4n) is 9.41. The second kappa shape index (κ2) is 11.8. The van der Waals surface area contributed by atoms with Crippen LogP contribution in [0.2, 0.25) is 0 Å². The van der Waals surface area contributed by atoms with E-state index in [1.54, 1.807) is 0 Å². The SMILES string of the molecule is CC(CCC(=O)[N-]CCS(=O)(=O)O)C1CCC2C3C(CCC12C)C1(C)CCC(C)(P)CC1CC3(F)P.[K+]. The Bertz CT molecular complexity index is 966. The Morgan fingerprint density at radius 2 is 1.70 bits per heavy atom. The van der Waals surface area contributed by atoms with Gasteiger partial charge in [0.2, 0.25) is 0 Å². The van der Waals surface area contributed by atoms with Crippen LogP contribution in [0.5, 0.6) is 0 Å². The Morgan fingerprint density at radius 1 is 1.05 bits per heavy atom. The van der Waals surface area contributed by atoms with Crippen LogP contribution >= 0.6 is 18.5 Å². The molecular formula is C27H47FKNO4P2S. The normalized spacial score (nSPS) is 46.1. The summed E-state index contributed by atoms with van der Waals surface area (Å²) in [7, 11) is 1.65. The van der Waals surface area contributed by atoms with Gasteiger partial charge in [-0.2, -0.15) is 8.42 Å². The molecule has 4 aliphatic rings. The van der Waals surface area contributed by atoms with Crippen molar-refractivity contribution < 1.29 is 73.5 Å².